The normalized spacial score (nSPS) is 11.9. The van der Waals surface area contributed by atoms with Gasteiger partial charge in [0, 0.05) is 18.7 Å². The van der Waals surface area contributed by atoms with E-state index in [4.69, 9.17) is 4.74 Å². The molecule has 11 nitrogen and oxygen atoms in total. The topological polar surface area (TPSA) is 160 Å². The van der Waals surface area contributed by atoms with Crippen LogP contribution in [0.1, 0.15) is 17.2 Å². The van der Waals surface area contributed by atoms with Crippen LogP contribution in [0.4, 0.5) is 11.4 Å². The lowest BCUT2D eigenvalue weighted by Gasteiger charge is -2.14. The molecule has 2 aromatic rings. The fraction of sp³-hybridized carbons (Fsp3) is 0.125. The first-order valence-corrected chi connectivity index (χ1v) is 7.39. The minimum atomic E-state index is -1.06. The van der Waals surface area contributed by atoms with Gasteiger partial charge in [-0.25, -0.2) is 5.43 Å². The first kappa shape index (κ1) is 19.5. The Morgan fingerprint density at radius 1 is 1.19 bits per heavy atom. The molecule has 2 aromatic carbocycles. The number of rotatable bonds is 7. The van der Waals surface area contributed by atoms with Gasteiger partial charge in [-0.15, -0.1) is 0 Å². The molecule has 0 radical (unpaired) electrons. The number of benzene rings is 2. The molecule has 11 heteroatoms. The van der Waals surface area contributed by atoms with Gasteiger partial charge in [0.1, 0.15) is 0 Å². The van der Waals surface area contributed by atoms with Crippen molar-refractivity contribution in [2.24, 2.45) is 5.10 Å². The smallest absolute Gasteiger partial charge is 0.276 e. The van der Waals surface area contributed by atoms with Gasteiger partial charge in [0.25, 0.3) is 17.3 Å². The lowest BCUT2D eigenvalue weighted by atomic mass is 10.1. The van der Waals surface area contributed by atoms with E-state index in [0.29, 0.717) is 11.6 Å². The number of carbonyl (C=O) groups is 1. The van der Waals surface area contributed by atoms with Gasteiger partial charge in [0.05, 0.1) is 22.1 Å². The van der Waals surface area contributed by atoms with Gasteiger partial charge < -0.3 is 9.84 Å². The van der Waals surface area contributed by atoms with E-state index in [1.54, 1.807) is 30.3 Å². The molecule has 2 rings (SSSR count). The highest BCUT2D eigenvalue weighted by Crippen LogP contribution is 2.31. The summed E-state index contributed by atoms with van der Waals surface area (Å²) in [6, 6.07) is 9.91. The Balaban J connectivity index is 2.23. The summed E-state index contributed by atoms with van der Waals surface area (Å²) in [4.78, 5) is 32.0. The summed E-state index contributed by atoms with van der Waals surface area (Å²) < 4.78 is 5.10. The van der Waals surface area contributed by atoms with Gasteiger partial charge in [-0.3, -0.25) is 25.0 Å². The number of hydrogen-bond donors (Lipinski definition) is 1. The van der Waals surface area contributed by atoms with Crippen LogP contribution in [0.15, 0.2) is 47.6 Å². The van der Waals surface area contributed by atoms with Crippen molar-refractivity contribution in [1.82, 2.24) is 5.43 Å². The number of nitrogens with zero attached hydrogens (tertiary/aromatic N) is 3. The van der Waals surface area contributed by atoms with Crippen molar-refractivity contribution in [3.8, 4) is 5.75 Å². The molecule has 0 spiro atoms. The summed E-state index contributed by atoms with van der Waals surface area (Å²) in [6.45, 7) is 0. The highest BCUT2D eigenvalue weighted by atomic mass is 16.6. The molecule has 0 aliphatic rings. The van der Waals surface area contributed by atoms with Crippen molar-refractivity contribution >= 4 is 23.5 Å². The Hall–Kier alpha value is -3.86. The number of nitro groups is 2. The second-order valence-electron chi connectivity index (χ2n) is 5.16. The molecular weight excluding hydrogens is 360 g/mol. The Bertz CT molecular complexity index is 899. The lowest BCUT2D eigenvalue weighted by molar-refractivity contribution is -0.403. The number of amides is 1. The molecule has 1 atom stereocenters. The molecule has 0 aliphatic heterocycles. The summed E-state index contributed by atoms with van der Waals surface area (Å²) in [6.07, 6.45) is -0.174. The predicted octanol–water partition coefficient (Wildman–Crippen LogP) is 1.41. The Labute approximate surface area is 152 Å². The fourth-order valence-electron chi connectivity index (χ4n) is 2.20. The third-order valence-electron chi connectivity index (χ3n) is 3.44. The van der Waals surface area contributed by atoms with Gasteiger partial charge >= 0.3 is 0 Å². The number of non-ortho nitro benzene ring substituents is 1. The molecule has 0 aromatic heterocycles. The maximum atomic E-state index is 12.2. The van der Waals surface area contributed by atoms with Crippen LogP contribution in [0.25, 0.3) is 0 Å². The number of hydrogen-bond acceptors (Lipinski definition) is 8. The number of ether oxygens (including phenoxy) is 1. The second kappa shape index (κ2) is 8.49. The first-order chi connectivity index (χ1) is 12.8. The van der Waals surface area contributed by atoms with Crippen LogP contribution in [-0.2, 0) is 9.53 Å². The van der Waals surface area contributed by atoms with Crippen LogP contribution in [0.5, 0.6) is 5.75 Å². The molecule has 1 N–H and O–H groups in total. The number of nitrogens with one attached hydrogen (secondary N) is 1. The molecule has 1 amide bonds. The van der Waals surface area contributed by atoms with Gasteiger partial charge in [0.2, 0.25) is 0 Å². The minimum Gasteiger partial charge on any atom is -0.867 e. The van der Waals surface area contributed by atoms with Crippen LogP contribution >= 0.6 is 0 Å². The van der Waals surface area contributed by atoms with Crippen LogP contribution < -0.4 is 10.5 Å². The van der Waals surface area contributed by atoms with Crippen molar-refractivity contribution in [2.75, 3.05) is 7.11 Å². The van der Waals surface area contributed by atoms with Crippen molar-refractivity contribution in [2.45, 2.75) is 6.10 Å². The number of hydrazone groups is 1. The molecule has 27 heavy (non-hydrogen) atoms. The standard InChI is InChI=1S/C16H14N4O7/c1-27-15(10-5-3-2-4-6-10)16(22)18-17-9-11-7-12(19(23)24)8-13(14(11)21)20(25)26/h2-9,15,21H,1H3,(H,18,22)/p-1/b17-9-/t15-/m1/s1. The van der Waals surface area contributed by atoms with E-state index in [2.05, 4.69) is 10.5 Å². The van der Waals surface area contributed by atoms with Gasteiger partial charge in [0.15, 0.2) is 6.10 Å². The first-order valence-electron chi connectivity index (χ1n) is 7.39. The zero-order valence-corrected chi connectivity index (χ0v) is 13.9. The molecule has 0 bridgehead atoms. The predicted molar refractivity (Wildman–Crippen MR) is 91.1 cm³/mol. The zero-order chi connectivity index (χ0) is 20.0. The Kier molecular flexibility index (Phi) is 6.12. The lowest BCUT2D eigenvalue weighted by Crippen LogP contribution is -2.26. The molecule has 0 saturated carbocycles. The van der Waals surface area contributed by atoms with Crippen molar-refractivity contribution < 1.29 is 24.5 Å². The minimum absolute atomic E-state index is 0.412. The largest absolute Gasteiger partial charge is 0.867 e. The molecule has 0 unspecified atom stereocenters. The monoisotopic (exact) mass is 373 g/mol. The van der Waals surface area contributed by atoms with E-state index in [1.807, 2.05) is 0 Å². The van der Waals surface area contributed by atoms with Crippen LogP contribution in [0.2, 0.25) is 0 Å². The highest BCUT2D eigenvalue weighted by Gasteiger charge is 2.20. The molecule has 0 fully saturated rings. The summed E-state index contributed by atoms with van der Waals surface area (Å²) in [5, 5.41) is 37.3. The average Bonchev–Trinajstić information content (AvgIpc) is 2.64. The van der Waals surface area contributed by atoms with E-state index in [1.165, 1.54) is 7.11 Å². The zero-order valence-electron chi connectivity index (χ0n) is 13.9. The Morgan fingerprint density at radius 3 is 2.41 bits per heavy atom. The number of carbonyl (C=O) groups excluding carboxylic acids is 1. The number of methoxy groups -OCH3 is 1. The number of nitro benzene ring substituents is 2. The third kappa shape index (κ3) is 4.61. The van der Waals surface area contributed by atoms with Crippen molar-refractivity contribution in [3.05, 3.63) is 73.8 Å². The van der Waals surface area contributed by atoms with Crippen LogP contribution in [-0.4, -0.2) is 29.1 Å². The summed E-state index contributed by atoms with van der Waals surface area (Å²) >= 11 is 0. The third-order valence-corrected chi connectivity index (χ3v) is 3.44. The van der Waals surface area contributed by atoms with Gasteiger partial charge in [-0.05, 0) is 11.3 Å². The molecule has 0 heterocycles. The van der Waals surface area contributed by atoms with Gasteiger partial charge in [-0.1, -0.05) is 30.3 Å². The van der Waals surface area contributed by atoms with Crippen LogP contribution in [0.3, 0.4) is 0 Å². The van der Waals surface area contributed by atoms with Crippen LogP contribution in [0, 0.1) is 20.2 Å². The fourth-order valence-corrected chi connectivity index (χ4v) is 2.20. The van der Waals surface area contributed by atoms with E-state index in [-0.39, 0.29) is 0 Å². The average molecular weight is 373 g/mol. The summed E-state index contributed by atoms with van der Waals surface area (Å²) in [5.74, 6) is -1.72. The summed E-state index contributed by atoms with van der Waals surface area (Å²) in [5.41, 5.74) is 0.671. The van der Waals surface area contributed by atoms with E-state index < -0.39 is 44.5 Å². The van der Waals surface area contributed by atoms with E-state index in [0.717, 1.165) is 12.3 Å². The van der Waals surface area contributed by atoms with Gasteiger partial charge in [-0.2, -0.15) is 5.10 Å². The molecule has 140 valence electrons. The highest BCUT2D eigenvalue weighted by molar-refractivity contribution is 5.88. The second-order valence-corrected chi connectivity index (χ2v) is 5.16. The quantitative estimate of drug-likeness (QED) is 0.436. The van der Waals surface area contributed by atoms with E-state index in [9.17, 15) is 30.1 Å². The van der Waals surface area contributed by atoms with Crippen molar-refractivity contribution in [1.29, 1.82) is 0 Å². The Morgan fingerprint density at radius 2 is 1.85 bits per heavy atom. The maximum absolute atomic E-state index is 12.2. The molecule has 0 aliphatic carbocycles. The molecule has 0 saturated heterocycles. The van der Waals surface area contributed by atoms with Crippen molar-refractivity contribution in [3.63, 3.8) is 0 Å². The maximum Gasteiger partial charge on any atom is 0.276 e. The molecular formula is C16H13N4O7-. The van der Waals surface area contributed by atoms with E-state index >= 15 is 0 Å². The SMILES string of the molecule is CO[C@@H](C(=O)N/N=C\c1cc([N+](=O)[O-])cc([N+](=O)[O-])c1[O-])c1ccccc1. The summed E-state index contributed by atoms with van der Waals surface area (Å²) in [7, 11) is 1.32.